The zero-order chi connectivity index (χ0) is 20.4. The van der Waals surface area contributed by atoms with Crippen molar-refractivity contribution >= 4 is 22.6 Å². The van der Waals surface area contributed by atoms with Crippen molar-refractivity contribution in [2.45, 2.75) is 20.4 Å². The van der Waals surface area contributed by atoms with Gasteiger partial charge in [0.25, 0.3) is 11.5 Å². The maximum absolute atomic E-state index is 13.2. The summed E-state index contributed by atoms with van der Waals surface area (Å²) in [4.78, 5) is 30.6. The molecule has 0 atom stereocenters. The number of anilines is 1. The number of rotatable bonds is 4. The van der Waals surface area contributed by atoms with E-state index in [9.17, 15) is 9.59 Å². The molecule has 0 aliphatic rings. The van der Waals surface area contributed by atoms with E-state index in [1.165, 1.54) is 0 Å². The molecule has 0 fully saturated rings. The van der Waals surface area contributed by atoms with Crippen molar-refractivity contribution in [2.75, 3.05) is 5.32 Å². The number of aromatic nitrogens is 2. The standard InChI is InChI=1S/C24H21N3O2/c1-16-10-11-17(2)21(13-16)26-23(28)20-14-19-9-6-12-25-22(19)27(24(20)29)15-18-7-4-3-5-8-18/h3-14H,15H2,1-2H3,(H,26,28). The van der Waals surface area contributed by atoms with Gasteiger partial charge in [-0.1, -0.05) is 42.5 Å². The molecule has 1 amide bonds. The second kappa shape index (κ2) is 7.72. The van der Waals surface area contributed by atoms with Crippen molar-refractivity contribution in [3.8, 4) is 0 Å². The van der Waals surface area contributed by atoms with E-state index in [0.717, 1.165) is 22.1 Å². The van der Waals surface area contributed by atoms with Crippen LogP contribution in [0, 0.1) is 13.8 Å². The largest absolute Gasteiger partial charge is 0.322 e. The molecule has 0 radical (unpaired) electrons. The van der Waals surface area contributed by atoms with E-state index in [1.807, 2.05) is 68.4 Å². The number of fused-ring (bicyclic) bond motifs is 1. The molecular formula is C24H21N3O2. The summed E-state index contributed by atoms with van der Waals surface area (Å²) in [6.07, 6.45) is 1.65. The number of carbonyl (C=O) groups excluding carboxylic acids is 1. The molecule has 2 heterocycles. The number of nitrogens with one attached hydrogen (secondary N) is 1. The predicted octanol–water partition coefficient (Wildman–Crippen LogP) is 4.31. The van der Waals surface area contributed by atoms with Gasteiger partial charge >= 0.3 is 0 Å². The summed E-state index contributed by atoms with van der Waals surface area (Å²) in [7, 11) is 0. The summed E-state index contributed by atoms with van der Waals surface area (Å²) in [5.74, 6) is -0.420. The SMILES string of the molecule is Cc1ccc(C)c(NC(=O)c2cc3cccnc3n(Cc3ccccc3)c2=O)c1. The predicted molar refractivity (Wildman–Crippen MR) is 115 cm³/mol. The lowest BCUT2D eigenvalue weighted by Gasteiger charge is -2.13. The van der Waals surface area contributed by atoms with Crippen LogP contribution in [-0.2, 0) is 6.54 Å². The Kier molecular flexibility index (Phi) is 4.96. The van der Waals surface area contributed by atoms with Crippen LogP contribution >= 0.6 is 0 Å². The molecule has 0 saturated heterocycles. The van der Waals surface area contributed by atoms with Crippen LogP contribution in [-0.4, -0.2) is 15.5 Å². The van der Waals surface area contributed by atoms with E-state index >= 15 is 0 Å². The van der Waals surface area contributed by atoms with Crippen LogP contribution in [0.25, 0.3) is 11.0 Å². The quantitative estimate of drug-likeness (QED) is 0.571. The fourth-order valence-corrected chi connectivity index (χ4v) is 3.34. The number of benzene rings is 2. The third-order valence-corrected chi connectivity index (χ3v) is 4.92. The zero-order valence-electron chi connectivity index (χ0n) is 16.3. The molecule has 0 unspecified atom stereocenters. The highest BCUT2D eigenvalue weighted by molar-refractivity contribution is 6.06. The maximum atomic E-state index is 13.2. The molecular weight excluding hydrogens is 362 g/mol. The smallest absolute Gasteiger partial charge is 0.265 e. The Morgan fingerprint density at radius 1 is 1.00 bits per heavy atom. The molecule has 4 rings (SSSR count). The second-order valence-corrected chi connectivity index (χ2v) is 7.12. The summed E-state index contributed by atoms with van der Waals surface area (Å²) >= 11 is 0. The van der Waals surface area contributed by atoms with E-state index in [1.54, 1.807) is 22.9 Å². The minimum absolute atomic E-state index is 0.0994. The monoisotopic (exact) mass is 383 g/mol. The zero-order valence-corrected chi connectivity index (χ0v) is 16.3. The van der Waals surface area contributed by atoms with Gasteiger partial charge in [0.2, 0.25) is 0 Å². The normalized spacial score (nSPS) is 10.8. The number of hydrogen-bond acceptors (Lipinski definition) is 3. The Morgan fingerprint density at radius 3 is 2.59 bits per heavy atom. The average Bonchev–Trinajstić information content (AvgIpc) is 2.73. The Balaban J connectivity index is 1.80. The third kappa shape index (κ3) is 3.80. The molecule has 144 valence electrons. The fourth-order valence-electron chi connectivity index (χ4n) is 3.34. The van der Waals surface area contributed by atoms with E-state index < -0.39 is 5.91 Å². The highest BCUT2D eigenvalue weighted by atomic mass is 16.2. The number of amides is 1. The highest BCUT2D eigenvalue weighted by Gasteiger charge is 2.17. The first kappa shape index (κ1) is 18.6. The van der Waals surface area contributed by atoms with Crippen molar-refractivity contribution in [3.05, 3.63) is 106 Å². The van der Waals surface area contributed by atoms with Crippen LogP contribution in [0.15, 0.2) is 77.7 Å². The van der Waals surface area contributed by atoms with Crippen molar-refractivity contribution in [1.82, 2.24) is 9.55 Å². The summed E-state index contributed by atoms with van der Waals surface area (Å²) in [6, 6.07) is 20.8. The lowest BCUT2D eigenvalue weighted by molar-refractivity contribution is 0.102. The molecule has 5 nitrogen and oxygen atoms in total. The van der Waals surface area contributed by atoms with Gasteiger partial charge in [-0.25, -0.2) is 4.98 Å². The van der Waals surface area contributed by atoms with Crippen LogP contribution in [0.5, 0.6) is 0 Å². The number of carbonyl (C=O) groups is 1. The average molecular weight is 383 g/mol. The number of hydrogen-bond donors (Lipinski definition) is 1. The van der Waals surface area contributed by atoms with Crippen LogP contribution in [0.4, 0.5) is 5.69 Å². The molecule has 5 heteroatoms. The van der Waals surface area contributed by atoms with Gasteiger partial charge in [-0.2, -0.15) is 0 Å². The van der Waals surface area contributed by atoms with E-state index in [-0.39, 0.29) is 11.1 Å². The van der Waals surface area contributed by atoms with E-state index in [4.69, 9.17) is 0 Å². The van der Waals surface area contributed by atoms with Crippen molar-refractivity contribution in [2.24, 2.45) is 0 Å². The molecule has 4 aromatic rings. The number of nitrogens with zero attached hydrogens (tertiary/aromatic N) is 2. The second-order valence-electron chi connectivity index (χ2n) is 7.12. The maximum Gasteiger partial charge on any atom is 0.265 e. The van der Waals surface area contributed by atoms with Gasteiger partial charge in [0.15, 0.2) is 0 Å². The summed E-state index contributed by atoms with van der Waals surface area (Å²) in [6.45, 7) is 4.23. The van der Waals surface area contributed by atoms with Crippen LogP contribution in [0.3, 0.4) is 0 Å². The molecule has 0 spiro atoms. The van der Waals surface area contributed by atoms with Gasteiger partial charge in [-0.05, 0) is 54.8 Å². The third-order valence-electron chi connectivity index (χ3n) is 4.92. The lowest BCUT2D eigenvalue weighted by Crippen LogP contribution is -2.30. The van der Waals surface area contributed by atoms with Crippen molar-refractivity contribution in [3.63, 3.8) is 0 Å². The summed E-state index contributed by atoms with van der Waals surface area (Å²) < 4.78 is 1.56. The van der Waals surface area contributed by atoms with Gasteiger partial charge in [0.1, 0.15) is 11.2 Å². The Morgan fingerprint density at radius 2 is 1.79 bits per heavy atom. The Hall–Kier alpha value is -3.73. The number of pyridine rings is 2. The van der Waals surface area contributed by atoms with Gasteiger partial charge in [0.05, 0.1) is 6.54 Å². The van der Waals surface area contributed by atoms with Gasteiger partial charge < -0.3 is 5.32 Å². The van der Waals surface area contributed by atoms with Crippen LogP contribution < -0.4 is 10.9 Å². The Bertz CT molecular complexity index is 1260. The van der Waals surface area contributed by atoms with Crippen LogP contribution in [0.2, 0.25) is 0 Å². The first-order valence-corrected chi connectivity index (χ1v) is 9.44. The molecule has 2 aromatic carbocycles. The molecule has 1 N–H and O–H groups in total. The van der Waals surface area contributed by atoms with Gasteiger partial charge in [-0.3, -0.25) is 14.2 Å². The van der Waals surface area contributed by atoms with Crippen molar-refractivity contribution in [1.29, 1.82) is 0 Å². The van der Waals surface area contributed by atoms with Gasteiger partial charge in [0, 0.05) is 17.3 Å². The van der Waals surface area contributed by atoms with E-state index in [2.05, 4.69) is 10.3 Å². The molecule has 0 aliphatic carbocycles. The molecule has 29 heavy (non-hydrogen) atoms. The highest BCUT2D eigenvalue weighted by Crippen LogP contribution is 2.18. The fraction of sp³-hybridized carbons (Fsp3) is 0.125. The minimum atomic E-state index is -0.420. The van der Waals surface area contributed by atoms with Crippen molar-refractivity contribution < 1.29 is 4.79 Å². The van der Waals surface area contributed by atoms with Crippen LogP contribution in [0.1, 0.15) is 27.0 Å². The first-order valence-electron chi connectivity index (χ1n) is 9.44. The summed E-state index contributed by atoms with van der Waals surface area (Å²) in [5.41, 5.74) is 3.95. The summed E-state index contributed by atoms with van der Waals surface area (Å²) in [5, 5.41) is 3.64. The topological polar surface area (TPSA) is 64.0 Å². The molecule has 0 aliphatic heterocycles. The minimum Gasteiger partial charge on any atom is -0.322 e. The molecule has 0 bridgehead atoms. The molecule has 2 aromatic heterocycles. The number of aryl methyl sites for hydroxylation is 2. The van der Waals surface area contributed by atoms with Gasteiger partial charge in [-0.15, -0.1) is 0 Å². The van der Waals surface area contributed by atoms with E-state index in [0.29, 0.717) is 17.9 Å². The lowest BCUT2D eigenvalue weighted by atomic mass is 10.1. The molecule has 0 saturated carbocycles. The Labute approximate surface area is 168 Å². The first-order chi connectivity index (χ1) is 14.0.